The van der Waals surface area contributed by atoms with Crippen molar-refractivity contribution < 1.29 is 9.53 Å². The van der Waals surface area contributed by atoms with Gasteiger partial charge in [-0.3, -0.25) is 4.79 Å². The van der Waals surface area contributed by atoms with Crippen LogP contribution in [0.5, 0.6) is 0 Å². The van der Waals surface area contributed by atoms with E-state index in [1.807, 2.05) is 25.1 Å². The summed E-state index contributed by atoms with van der Waals surface area (Å²) in [6.45, 7) is 3.50. The lowest BCUT2D eigenvalue weighted by molar-refractivity contribution is 0.0937. The zero-order chi connectivity index (χ0) is 13.9. The summed E-state index contributed by atoms with van der Waals surface area (Å²) in [6, 6.07) is 5.82. The Morgan fingerprint density at radius 3 is 2.84 bits per heavy atom. The van der Waals surface area contributed by atoms with Crippen LogP contribution in [0.1, 0.15) is 35.2 Å². The highest BCUT2D eigenvalue weighted by Gasteiger charge is 2.42. The Bertz CT molecular complexity index is 469. The molecule has 2 rings (SSSR count). The molecule has 1 aliphatic carbocycles. The summed E-state index contributed by atoms with van der Waals surface area (Å²) < 4.78 is 5.97. The smallest absolute Gasteiger partial charge is 0.252 e. The molecule has 19 heavy (non-hydrogen) atoms. The molecule has 1 aromatic rings. The van der Waals surface area contributed by atoms with Gasteiger partial charge in [0, 0.05) is 24.7 Å². The second kappa shape index (κ2) is 6.06. The lowest BCUT2D eigenvalue weighted by Crippen LogP contribution is -2.31. The minimum absolute atomic E-state index is 0.000679. The topological polar surface area (TPSA) is 38.3 Å². The van der Waals surface area contributed by atoms with Crippen molar-refractivity contribution in [2.24, 2.45) is 5.41 Å². The van der Waals surface area contributed by atoms with Crippen LogP contribution in [0.4, 0.5) is 0 Å². The first-order chi connectivity index (χ1) is 9.06. The quantitative estimate of drug-likeness (QED) is 0.871. The highest BCUT2D eigenvalue weighted by atomic mass is 79.9. The van der Waals surface area contributed by atoms with Crippen molar-refractivity contribution in [2.75, 3.05) is 20.3 Å². The van der Waals surface area contributed by atoms with Crippen LogP contribution in [0, 0.1) is 12.3 Å². The number of carbonyl (C=O) groups is 1. The predicted octanol–water partition coefficient (Wildman–Crippen LogP) is 3.30. The van der Waals surface area contributed by atoms with Gasteiger partial charge < -0.3 is 10.1 Å². The van der Waals surface area contributed by atoms with Crippen LogP contribution in [0.2, 0.25) is 0 Å². The number of aryl methyl sites for hydroxylation is 1. The summed E-state index contributed by atoms with van der Waals surface area (Å²) in [5, 5.41) is 3.05. The average molecular weight is 326 g/mol. The van der Waals surface area contributed by atoms with E-state index in [0.717, 1.165) is 29.6 Å². The van der Waals surface area contributed by atoms with Gasteiger partial charge in [0.1, 0.15) is 0 Å². The summed E-state index contributed by atoms with van der Waals surface area (Å²) in [4.78, 5) is 12.2. The van der Waals surface area contributed by atoms with Gasteiger partial charge >= 0.3 is 0 Å². The minimum atomic E-state index is -0.000679. The average Bonchev–Trinajstić information content (AvgIpc) is 3.17. The minimum Gasteiger partial charge on any atom is -0.385 e. The van der Waals surface area contributed by atoms with Gasteiger partial charge in [0.25, 0.3) is 5.91 Å². The molecule has 0 aromatic heterocycles. The number of halogens is 1. The normalized spacial score (nSPS) is 16.2. The van der Waals surface area contributed by atoms with E-state index in [4.69, 9.17) is 4.74 Å². The number of ether oxygens (including phenoxy) is 1. The van der Waals surface area contributed by atoms with E-state index < -0.39 is 0 Å². The first-order valence-corrected chi connectivity index (χ1v) is 7.39. The second-order valence-corrected chi connectivity index (χ2v) is 6.26. The lowest BCUT2D eigenvalue weighted by atomic mass is 10.0. The molecule has 1 aromatic carbocycles. The molecule has 0 aliphatic heterocycles. The van der Waals surface area contributed by atoms with Gasteiger partial charge in [0.2, 0.25) is 0 Å². The SMILES string of the molecule is COCCC1(CNC(=O)c2cc(C)ccc2Br)CC1. The standard InChI is InChI=1S/C15H20BrNO2/c1-11-3-4-13(16)12(9-11)14(18)17-10-15(5-6-15)7-8-19-2/h3-4,9H,5-8,10H2,1-2H3,(H,17,18). The molecule has 4 heteroatoms. The molecule has 0 radical (unpaired) electrons. The molecule has 1 fully saturated rings. The molecule has 0 heterocycles. The number of amides is 1. The van der Waals surface area contributed by atoms with Crippen molar-refractivity contribution in [3.05, 3.63) is 33.8 Å². The molecular formula is C15H20BrNO2. The monoisotopic (exact) mass is 325 g/mol. The van der Waals surface area contributed by atoms with Gasteiger partial charge in [-0.15, -0.1) is 0 Å². The molecule has 0 spiro atoms. The number of rotatable bonds is 6. The molecule has 1 N–H and O–H groups in total. The highest BCUT2D eigenvalue weighted by molar-refractivity contribution is 9.10. The van der Waals surface area contributed by atoms with Crippen molar-refractivity contribution in [3.8, 4) is 0 Å². The van der Waals surface area contributed by atoms with Crippen molar-refractivity contribution in [1.82, 2.24) is 5.32 Å². The van der Waals surface area contributed by atoms with Crippen LogP contribution < -0.4 is 5.32 Å². The first-order valence-electron chi connectivity index (χ1n) is 6.60. The lowest BCUT2D eigenvalue weighted by Gasteiger charge is -2.16. The van der Waals surface area contributed by atoms with E-state index >= 15 is 0 Å². The van der Waals surface area contributed by atoms with Crippen LogP contribution in [-0.4, -0.2) is 26.2 Å². The van der Waals surface area contributed by atoms with Gasteiger partial charge in [0.15, 0.2) is 0 Å². The van der Waals surface area contributed by atoms with E-state index in [1.54, 1.807) is 7.11 Å². The molecule has 1 amide bonds. The maximum Gasteiger partial charge on any atom is 0.252 e. The molecular weight excluding hydrogens is 306 g/mol. The third kappa shape index (κ3) is 3.80. The summed E-state index contributed by atoms with van der Waals surface area (Å²) in [5.41, 5.74) is 2.08. The van der Waals surface area contributed by atoms with Crippen LogP contribution in [0.3, 0.4) is 0 Å². The van der Waals surface area contributed by atoms with Crippen LogP contribution in [0.25, 0.3) is 0 Å². The number of hydrogen-bond donors (Lipinski definition) is 1. The van der Waals surface area contributed by atoms with E-state index in [-0.39, 0.29) is 11.3 Å². The first kappa shape index (κ1) is 14.5. The molecule has 0 bridgehead atoms. The zero-order valence-electron chi connectivity index (χ0n) is 11.5. The van der Waals surface area contributed by atoms with Gasteiger partial charge in [-0.2, -0.15) is 0 Å². The van der Waals surface area contributed by atoms with Crippen molar-refractivity contribution in [3.63, 3.8) is 0 Å². The summed E-state index contributed by atoms with van der Waals surface area (Å²) in [5.74, 6) is -0.000679. The molecule has 104 valence electrons. The number of nitrogens with one attached hydrogen (secondary N) is 1. The van der Waals surface area contributed by atoms with Gasteiger partial charge in [0.05, 0.1) is 5.56 Å². The molecule has 0 saturated heterocycles. The van der Waals surface area contributed by atoms with Crippen LogP contribution in [0.15, 0.2) is 22.7 Å². The maximum atomic E-state index is 12.2. The van der Waals surface area contributed by atoms with E-state index in [2.05, 4.69) is 21.2 Å². The number of carbonyl (C=O) groups excluding carboxylic acids is 1. The molecule has 0 unspecified atom stereocenters. The number of hydrogen-bond acceptors (Lipinski definition) is 2. The van der Waals surface area contributed by atoms with Gasteiger partial charge in [-0.25, -0.2) is 0 Å². The van der Waals surface area contributed by atoms with E-state index in [1.165, 1.54) is 12.8 Å². The third-order valence-electron chi connectivity index (χ3n) is 3.78. The number of benzene rings is 1. The Morgan fingerprint density at radius 2 is 2.21 bits per heavy atom. The van der Waals surface area contributed by atoms with Crippen molar-refractivity contribution >= 4 is 21.8 Å². The fraction of sp³-hybridized carbons (Fsp3) is 0.533. The highest BCUT2D eigenvalue weighted by Crippen LogP contribution is 2.48. The Kier molecular flexibility index (Phi) is 4.63. The maximum absolute atomic E-state index is 12.2. The summed E-state index contributed by atoms with van der Waals surface area (Å²) in [6.07, 6.45) is 3.40. The molecule has 1 saturated carbocycles. The predicted molar refractivity (Wildman–Crippen MR) is 79.4 cm³/mol. The Balaban J connectivity index is 1.93. The second-order valence-electron chi connectivity index (χ2n) is 5.41. The van der Waals surface area contributed by atoms with Gasteiger partial charge in [-0.05, 0) is 59.7 Å². The van der Waals surface area contributed by atoms with Gasteiger partial charge in [-0.1, -0.05) is 11.6 Å². The fourth-order valence-corrected chi connectivity index (χ4v) is 2.61. The Labute approximate surface area is 122 Å². The van der Waals surface area contributed by atoms with E-state index in [0.29, 0.717) is 5.56 Å². The van der Waals surface area contributed by atoms with Crippen molar-refractivity contribution in [2.45, 2.75) is 26.2 Å². The summed E-state index contributed by atoms with van der Waals surface area (Å²) >= 11 is 3.43. The Hall–Kier alpha value is -0.870. The Morgan fingerprint density at radius 1 is 1.47 bits per heavy atom. The third-order valence-corrected chi connectivity index (χ3v) is 4.48. The number of methoxy groups -OCH3 is 1. The van der Waals surface area contributed by atoms with Crippen LogP contribution in [-0.2, 0) is 4.74 Å². The van der Waals surface area contributed by atoms with E-state index in [9.17, 15) is 4.79 Å². The largest absolute Gasteiger partial charge is 0.385 e. The summed E-state index contributed by atoms with van der Waals surface area (Å²) in [7, 11) is 1.72. The molecule has 3 nitrogen and oxygen atoms in total. The molecule has 1 aliphatic rings. The zero-order valence-corrected chi connectivity index (χ0v) is 13.0. The van der Waals surface area contributed by atoms with Crippen molar-refractivity contribution in [1.29, 1.82) is 0 Å². The van der Waals surface area contributed by atoms with Crippen LogP contribution >= 0.6 is 15.9 Å². The fourth-order valence-electron chi connectivity index (χ4n) is 2.19. The molecule has 0 atom stereocenters.